The molecule has 0 aromatic heterocycles. The first kappa shape index (κ1) is 20.6. The van der Waals surface area contributed by atoms with Gasteiger partial charge in [0.25, 0.3) is 5.91 Å². The zero-order valence-corrected chi connectivity index (χ0v) is 17.7. The number of methoxy groups -OCH3 is 1. The molecule has 150 valence electrons. The first-order chi connectivity index (χ1) is 13.2. The van der Waals surface area contributed by atoms with Crippen LogP contribution in [0.3, 0.4) is 0 Å². The molecule has 1 saturated heterocycles. The van der Waals surface area contributed by atoms with Crippen molar-refractivity contribution >= 4 is 27.5 Å². The number of piperazine rings is 1. The highest BCUT2D eigenvalue weighted by Crippen LogP contribution is 2.30. The van der Waals surface area contributed by atoms with Crippen LogP contribution in [0.15, 0.2) is 41.3 Å². The largest absolute Gasteiger partial charge is 0.495 e. The van der Waals surface area contributed by atoms with E-state index in [2.05, 4.69) is 0 Å². The van der Waals surface area contributed by atoms with E-state index in [1.165, 1.54) is 11.4 Å². The number of hydrogen-bond acceptors (Lipinski definition) is 4. The minimum absolute atomic E-state index is 0.127. The summed E-state index contributed by atoms with van der Waals surface area (Å²) in [6.07, 6.45) is 0. The lowest BCUT2D eigenvalue weighted by molar-refractivity contribution is 0.0698. The minimum atomic E-state index is -3.71. The molecular weight excluding hydrogens is 400 g/mol. The molecule has 0 atom stereocenters. The second-order valence-corrected chi connectivity index (χ2v) is 9.13. The Bertz CT molecular complexity index is 982. The summed E-state index contributed by atoms with van der Waals surface area (Å²) in [5, 5.41) is 0.565. The number of sulfonamides is 1. The van der Waals surface area contributed by atoms with E-state index in [4.69, 9.17) is 16.3 Å². The summed E-state index contributed by atoms with van der Waals surface area (Å²) >= 11 is 5.87. The molecule has 2 aromatic carbocycles. The van der Waals surface area contributed by atoms with Crippen LogP contribution in [0.2, 0.25) is 5.02 Å². The summed E-state index contributed by atoms with van der Waals surface area (Å²) in [5.74, 6) is 0.209. The average Bonchev–Trinajstić information content (AvgIpc) is 2.69. The number of benzene rings is 2. The fraction of sp³-hybridized carbons (Fsp3) is 0.350. The number of nitrogens with zero attached hydrogens (tertiary/aromatic N) is 2. The van der Waals surface area contributed by atoms with Crippen molar-refractivity contribution in [3.8, 4) is 5.75 Å². The van der Waals surface area contributed by atoms with Gasteiger partial charge in [0, 0.05) is 36.8 Å². The third-order valence-corrected chi connectivity index (χ3v) is 7.19. The second kappa shape index (κ2) is 8.11. The van der Waals surface area contributed by atoms with Crippen molar-refractivity contribution in [2.24, 2.45) is 0 Å². The number of amides is 1. The van der Waals surface area contributed by atoms with Gasteiger partial charge in [0.15, 0.2) is 0 Å². The van der Waals surface area contributed by atoms with Gasteiger partial charge in [-0.05, 0) is 61.4 Å². The summed E-state index contributed by atoms with van der Waals surface area (Å²) < 4.78 is 33.0. The lowest BCUT2D eigenvalue weighted by Crippen LogP contribution is -2.50. The molecule has 1 amide bonds. The van der Waals surface area contributed by atoms with Gasteiger partial charge in [0.05, 0.1) is 7.11 Å². The highest BCUT2D eigenvalue weighted by molar-refractivity contribution is 7.89. The maximum absolute atomic E-state index is 13.1. The fourth-order valence-electron chi connectivity index (χ4n) is 3.17. The zero-order chi connectivity index (χ0) is 20.5. The van der Waals surface area contributed by atoms with Crippen LogP contribution in [0.25, 0.3) is 0 Å². The normalized spacial score (nSPS) is 15.5. The number of hydrogen-bond donors (Lipinski definition) is 0. The van der Waals surface area contributed by atoms with Crippen molar-refractivity contribution in [2.75, 3.05) is 33.3 Å². The summed E-state index contributed by atoms with van der Waals surface area (Å²) in [7, 11) is -2.25. The molecule has 0 bridgehead atoms. The standard InChI is InChI=1S/C20H23ClN2O4S/c1-14-12-18(27-3)19(13-15(14)2)28(25,26)23-10-8-22(9-11-23)20(24)16-4-6-17(21)7-5-16/h4-7,12-13H,8-11H2,1-3H3. The number of carbonyl (C=O) groups is 1. The van der Waals surface area contributed by atoms with Crippen molar-refractivity contribution in [3.05, 3.63) is 58.1 Å². The Morgan fingerprint density at radius 3 is 2.14 bits per heavy atom. The molecule has 0 radical (unpaired) electrons. The van der Waals surface area contributed by atoms with E-state index in [9.17, 15) is 13.2 Å². The highest BCUT2D eigenvalue weighted by Gasteiger charge is 2.32. The average molecular weight is 423 g/mol. The molecule has 1 fully saturated rings. The van der Waals surface area contributed by atoms with Gasteiger partial charge in [0.1, 0.15) is 10.6 Å². The molecule has 28 heavy (non-hydrogen) atoms. The number of carbonyl (C=O) groups excluding carboxylic acids is 1. The van der Waals surface area contributed by atoms with Gasteiger partial charge >= 0.3 is 0 Å². The number of aryl methyl sites for hydroxylation is 2. The Balaban J connectivity index is 1.76. The maximum Gasteiger partial charge on any atom is 0.253 e. The molecular formula is C20H23ClN2O4S. The van der Waals surface area contributed by atoms with Gasteiger partial charge in [-0.2, -0.15) is 4.31 Å². The highest BCUT2D eigenvalue weighted by atomic mass is 35.5. The monoisotopic (exact) mass is 422 g/mol. The first-order valence-corrected chi connectivity index (χ1v) is 10.8. The molecule has 2 aromatic rings. The number of ether oxygens (including phenoxy) is 1. The molecule has 8 heteroatoms. The number of halogens is 1. The summed E-state index contributed by atoms with van der Waals surface area (Å²) in [6, 6.07) is 10.1. The SMILES string of the molecule is COc1cc(C)c(C)cc1S(=O)(=O)N1CCN(C(=O)c2ccc(Cl)cc2)CC1. The van der Waals surface area contributed by atoms with Gasteiger partial charge in [-0.3, -0.25) is 4.79 Å². The predicted molar refractivity (Wildman–Crippen MR) is 109 cm³/mol. The minimum Gasteiger partial charge on any atom is -0.495 e. The molecule has 1 aliphatic heterocycles. The van der Waals surface area contributed by atoms with Crippen LogP contribution in [0, 0.1) is 13.8 Å². The van der Waals surface area contributed by atoms with E-state index < -0.39 is 10.0 Å². The molecule has 1 heterocycles. The number of rotatable bonds is 4. The van der Waals surface area contributed by atoms with Gasteiger partial charge in [-0.1, -0.05) is 11.6 Å². The lowest BCUT2D eigenvalue weighted by atomic mass is 10.1. The van der Waals surface area contributed by atoms with Crippen molar-refractivity contribution in [2.45, 2.75) is 18.7 Å². The van der Waals surface area contributed by atoms with E-state index >= 15 is 0 Å². The zero-order valence-electron chi connectivity index (χ0n) is 16.1. The van der Waals surface area contributed by atoms with Gasteiger partial charge in [-0.25, -0.2) is 8.42 Å². The predicted octanol–water partition coefficient (Wildman–Crippen LogP) is 3.11. The molecule has 0 spiro atoms. The maximum atomic E-state index is 13.1. The quantitative estimate of drug-likeness (QED) is 0.759. The van der Waals surface area contributed by atoms with Crippen LogP contribution >= 0.6 is 11.6 Å². The van der Waals surface area contributed by atoms with Crippen molar-refractivity contribution in [1.82, 2.24) is 9.21 Å². The van der Waals surface area contributed by atoms with E-state index in [0.717, 1.165) is 11.1 Å². The van der Waals surface area contributed by atoms with E-state index in [1.807, 2.05) is 13.8 Å². The molecule has 1 aliphatic rings. The van der Waals surface area contributed by atoms with Crippen LogP contribution < -0.4 is 4.74 Å². The third-order valence-electron chi connectivity index (χ3n) is 5.01. The van der Waals surface area contributed by atoms with Crippen LogP contribution in [0.5, 0.6) is 5.75 Å². The third kappa shape index (κ3) is 4.01. The Kier molecular flexibility index (Phi) is 5.98. The topological polar surface area (TPSA) is 66.9 Å². The Morgan fingerprint density at radius 1 is 1.00 bits per heavy atom. The molecule has 0 saturated carbocycles. The van der Waals surface area contributed by atoms with Gasteiger partial charge in [0.2, 0.25) is 10.0 Å². The van der Waals surface area contributed by atoms with Crippen molar-refractivity contribution < 1.29 is 17.9 Å². The van der Waals surface area contributed by atoms with Crippen LogP contribution in [0.1, 0.15) is 21.5 Å². The van der Waals surface area contributed by atoms with Crippen LogP contribution in [-0.2, 0) is 10.0 Å². The Hall–Kier alpha value is -2.09. The van der Waals surface area contributed by atoms with Crippen molar-refractivity contribution in [1.29, 1.82) is 0 Å². The van der Waals surface area contributed by atoms with Gasteiger partial charge in [-0.15, -0.1) is 0 Å². The fourth-order valence-corrected chi connectivity index (χ4v) is 4.94. The van der Waals surface area contributed by atoms with Crippen molar-refractivity contribution in [3.63, 3.8) is 0 Å². The lowest BCUT2D eigenvalue weighted by Gasteiger charge is -2.34. The molecule has 0 aliphatic carbocycles. The Labute approximate surface area is 170 Å². The first-order valence-electron chi connectivity index (χ1n) is 8.94. The Morgan fingerprint density at radius 2 is 1.57 bits per heavy atom. The van der Waals surface area contributed by atoms with E-state index in [-0.39, 0.29) is 23.9 Å². The van der Waals surface area contributed by atoms with Gasteiger partial charge < -0.3 is 9.64 Å². The van der Waals surface area contributed by atoms with Crippen LogP contribution in [0.4, 0.5) is 0 Å². The second-order valence-electron chi connectivity index (χ2n) is 6.79. The van der Waals surface area contributed by atoms with E-state index in [0.29, 0.717) is 29.4 Å². The van der Waals surface area contributed by atoms with E-state index in [1.54, 1.807) is 41.3 Å². The summed E-state index contributed by atoms with van der Waals surface area (Å²) in [4.78, 5) is 14.4. The molecule has 3 rings (SSSR count). The van der Waals surface area contributed by atoms with Crippen LogP contribution in [-0.4, -0.2) is 56.8 Å². The summed E-state index contributed by atoms with van der Waals surface area (Å²) in [5.41, 5.74) is 2.39. The smallest absolute Gasteiger partial charge is 0.253 e. The summed E-state index contributed by atoms with van der Waals surface area (Å²) in [6.45, 7) is 4.91. The molecule has 0 unspecified atom stereocenters. The molecule has 0 N–H and O–H groups in total. The molecule has 6 nitrogen and oxygen atoms in total.